The number of nitrogens with two attached hydrogens (primary N) is 1. The number of para-hydroxylation sites is 2. The van der Waals surface area contributed by atoms with Gasteiger partial charge in [-0.15, -0.1) is 0 Å². The molecule has 0 saturated heterocycles. The number of nitro groups is 1. The monoisotopic (exact) mass is 819 g/mol. The van der Waals surface area contributed by atoms with E-state index >= 15 is 0 Å². The van der Waals surface area contributed by atoms with Gasteiger partial charge in [-0.3, -0.25) is 10.1 Å². The lowest BCUT2D eigenvalue weighted by molar-refractivity contribution is -0.385. The first kappa shape index (κ1) is 54.3. The van der Waals surface area contributed by atoms with Crippen LogP contribution in [0.2, 0.25) is 0 Å². The van der Waals surface area contributed by atoms with Gasteiger partial charge in [-0.1, -0.05) is 204 Å². The van der Waals surface area contributed by atoms with E-state index in [1.54, 1.807) is 42.5 Å². The molecule has 0 aromatic heterocycles. The minimum absolute atomic E-state index is 0.00339. The first-order valence-corrected chi connectivity index (χ1v) is 22.9. The van der Waals surface area contributed by atoms with Gasteiger partial charge in [0.25, 0.3) is 0 Å². The summed E-state index contributed by atoms with van der Waals surface area (Å²) in [5.74, 6) is 0.315. The van der Waals surface area contributed by atoms with Crippen molar-refractivity contribution in [3.8, 4) is 5.75 Å². The average Bonchev–Trinajstić information content (AvgIpc) is 3.20. The van der Waals surface area contributed by atoms with Crippen molar-refractivity contribution in [3.05, 3.63) is 64.7 Å². The van der Waals surface area contributed by atoms with Crippen molar-refractivity contribution >= 4 is 35.3 Å². The lowest BCUT2D eigenvalue weighted by Gasteiger charge is -2.30. The molecule has 0 radical (unpaired) electrons. The molecule has 0 spiro atoms. The van der Waals surface area contributed by atoms with E-state index in [-0.39, 0.29) is 11.2 Å². The van der Waals surface area contributed by atoms with Gasteiger partial charge in [0.15, 0.2) is 5.75 Å². The Morgan fingerprint density at radius 3 is 1.42 bits per heavy atom. The van der Waals surface area contributed by atoms with Crippen LogP contribution in [-0.2, 0) is 4.74 Å². The molecule has 0 aliphatic heterocycles. The maximum absolute atomic E-state index is 10.8. The Morgan fingerprint density at radius 2 is 1.02 bits per heavy atom. The predicted octanol–water partition coefficient (Wildman–Crippen LogP) is 13.0. The van der Waals surface area contributed by atoms with Crippen molar-refractivity contribution in [2.75, 3.05) is 13.2 Å². The minimum Gasteiger partial charge on any atom is -0.487 e. The van der Waals surface area contributed by atoms with Crippen molar-refractivity contribution in [1.82, 2.24) is 0 Å². The zero-order valence-corrected chi connectivity index (χ0v) is 36.9. The lowest BCUT2D eigenvalue weighted by Crippen LogP contribution is -2.39. The Labute approximate surface area is 352 Å². The van der Waals surface area contributed by atoms with E-state index in [4.69, 9.17) is 32.1 Å². The standard InChI is InChI=1S/C25H53N.C15H20ClNO5.C6H7BO2/c1-4-7-10-13-16-19-22-25(26,23-20-17-14-11-8-5-2)24-21-18-15-12-9-6-3;16-15(18)22-12-8-4-2-1-3-7-11-21-14-10-6-5-9-13(14)17(19)20;8-7(9)6-4-2-1-3-5-6/h4-24,26H2,1-3H3;5-6,9-10H,1-4,7-8,11-12H2;1-5,8-9H. The summed E-state index contributed by atoms with van der Waals surface area (Å²) in [4.78, 5) is 20.7. The van der Waals surface area contributed by atoms with Crippen LogP contribution >= 0.6 is 11.6 Å². The van der Waals surface area contributed by atoms with Gasteiger partial charge in [-0.05, 0) is 43.6 Å². The molecular weight excluding hydrogens is 739 g/mol. The second-order valence-electron chi connectivity index (χ2n) is 15.5. The van der Waals surface area contributed by atoms with E-state index in [0.29, 0.717) is 24.4 Å². The maximum atomic E-state index is 10.8. The van der Waals surface area contributed by atoms with Crippen LogP contribution in [0.3, 0.4) is 0 Å². The molecule has 4 N–H and O–H groups in total. The fraction of sp³-hybridized carbons (Fsp3) is 0.717. The van der Waals surface area contributed by atoms with Crippen LogP contribution in [-0.4, -0.2) is 46.3 Å². The molecule has 326 valence electrons. The van der Waals surface area contributed by atoms with Crippen molar-refractivity contribution in [1.29, 1.82) is 0 Å². The molecule has 2 aromatic rings. The van der Waals surface area contributed by atoms with E-state index in [9.17, 15) is 14.9 Å². The van der Waals surface area contributed by atoms with Crippen LogP contribution < -0.4 is 15.9 Å². The zero-order chi connectivity index (χ0) is 42.2. The van der Waals surface area contributed by atoms with Gasteiger partial charge in [-0.2, -0.15) is 0 Å². The molecule has 2 rings (SSSR count). The third-order valence-electron chi connectivity index (χ3n) is 10.3. The smallest absolute Gasteiger partial charge is 0.487 e. The summed E-state index contributed by atoms with van der Waals surface area (Å²) in [6, 6.07) is 15.0. The molecule has 2 aromatic carbocycles. The Morgan fingerprint density at radius 1 is 0.632 bits per heavy atom. The third-order valence-corrected chi connectivity index (χ3v) is 10.4. The van der Waals surface area contributed by atoms with Gasteiger partial charge in [0.1, 0.15) is 0 Å². The Bertz CT molecular complexity index is 1170. The van der Waals surface area contributed by atoms with Crippen molar-refractivity contribution in [3.63, 3.8) is 0 Å². The van der Waals surface area contributed by atoms with Crippen LogP contribution in [0.1, 0.15) is 194 Å². The van der Waals surface area contributed by atoms with Gasteiger partial charge in [0.2, 0.25) is 0 Å². The number of benzene rings is 2. The lowest BCUT2D eigenvalue weighted by atomic mass is 9.81. The fourth-order valence-electron chi connectivity index (χ4n) is 6.75. The molecule has 57 heavy (non-hydrogen) atoms. The van der Waals surface area contributed by atoms with Gasteiger partial charge >= 0.3 is 18.2 Å². The number of ether oxygens (including phenoxy) is 2. The second-order valence-corrected chi connectivity index (χ2v) is 15.8. The molecular formula is C46H80BClN2O7. The molecule has 0 aliphatic rings. The van der Waals surface area contributed by atoms with Gasteiger partial charge in [0.05, 0.1) is 18.1 Å². The molecule has 11 heteroatoms. The SMILES string of the molecule is CCCCCCCCC(N)(CCCCCCCC)CCCCCCCC.O=C(Cl)OCCCCCCCCOc1ccccc1[N+](=O)[O-].OB(O)c1ccccc1. The third kappa shape index (κ3) is 34.0. The van der Waals surface area contributed by atoms with Crippen LogP contribution in [0.25, 0.3) is 0 Å². The molecule has 9 nitrogen and oxygen atoms in total. The summed E-state index contributed by atoms with van der Waals surface area (Å²) in [6.45, 7) is 7.72. The highest BCUT2D eigenvalue weighted by atomic mass is 35.5. The van der Waals surface area contributed by atoms with Crippen molar-refractivity contribution in [2.24, 2.45) is 5.73 Å². The normalized spacial score (nSPS) is 10.9. The summed E-state index contributed by atoms with van der Waals surface area (Å²) in [5.41, 5.74) is 6.82. The second kappa shape index (κ2) is 38.8. The summed E-state index contributed by atoms with van der Waals surface area (Å²) in [5, 5.41) is 28.0. The van der Waals surface area contributed by atoms with E-state index in [0.717, 1.165) is 38.5 Å². The zero-order valence-electron chi connectivity index (χ0n) is 36.1. The van der Waals surface area contributed by atoms with Gasteiger partial charge < -0.3 is 25.3 Å². The number of hydrogen-bond acceptors (Lipinski definition) is 8. The number of carbonyl (C=O) groups excluding carboxylic acids is 1. The summed E-state index contributed by atoms with van der Waals surface area (Å²) in [6.07, 6.45) is 34.5. The van der Waals surface area contributed by atoms with Crippen molar-refractivity contribution in [2.45, 2.75) is 200 Å². The van der Waals surface area contributed by atoms with Gasteiger partial charge in [-0.25, -0.2) is 4.79 Å². The molecule has 0 atom stereocenters. The quantitative estimate of drug-likeness (QED) is 0.0212. The van der Waals surface area contributed by atoms with E-state index in [2.05, 4.69) is 25.5 Å². The number of carbonyl (C=O) groups is 1. The topological polar surface area (TPSA) is 145 Å². The average molecular weight is 819 g/mol. The first-order chi connectivity index (χ1) is 27.6. The summed E-state index contributed by atoms with van der Waals surface area (Å²) < 4.78 is 10.1. The van der Waals surface area contributed by atoms with Gasteiger partial charge in [0, 0.05) is 23.2 Å². The van der Waals surface area contributed by atoms with Crippen LogP contribution in [0.4, 0.5) is 10.5 Å². The van der Waals surface area contributed by atoms with Crippen LogP contribution in [0.5, 0.6) is 5.75 Å². The summed E-state index contributed by atoms with van der Waals surface area (Å²) >= 11 is 5.04. The summed E-state index contributed by atoms with van der Waals surface area (Å²) in [7, 11) is -1.34. The minimum atomic E-state index is -1.34. The highest BCUT2D eigenvalue weighted by Gasteiger charge is 2.23. The first-order valence-electron chi connectivity index (χ1n) is 22.5. The molecule has 0 amide bonds. The molecule has 0 fully saturated rings. The predicted molar refractivity (Wildman–Crippen MR) is 241 cm³/mol. The molecule has 0 aliphatic carbocycles. The number of unbranched alkanes of at least 4 members (excludes halogenated alkanes) is 20. The Kier molecular flexibility index (Phi) is 37.0. The number of nitrogens with zero attached hydrogens (tertiary/aromatic N) is 1. The number of hydrogen-bond donors (Lipinski definition) is 3. The van der Waals surface area contributed by atoms with Crippen LogP contribution in [0.15, 0.2) is 54.6 Å². The Balaban J connectivity index is 0.000000909. The van der Waals surface area contributed by atoms with Crippen LogP contribution in [0, 0.1) is 10.1 Å². The number of nitro benzene ring substituents is 1. The van der Waals surface area contributed by atoms with E-state index in [1.807, 2.05) is 6.07 Å². The largest absolute Gasteiger partial charge is 0.488 e. The van der Waals surface area contributed by atoms with Crippen molar-refractivity contribution < 1.29 is 29.2 Å². The molecule has 0 unspecified atom stereocenters. The Hall–Kier alpha value is -2.66. The molecule has 0 bridgehead atoms. The fourth-order valence-corrected chi connectivity index (χ4v) is 6.83. The molecule has 0 saturated carbocycles. The van der Waals surface area contributed by atoms with E-state index < -0.39 is 17.5 Å². The molecule has 0 heterocycles. The maximum Gasteiger partial charge on any atom is 0.488 e. The highest BCUT2D eigenvalue weighted by molar-refractivity contribution is 6.61. The van der Waals surface area contributed by atoms with E-state index in [1.165, 1.54) is 141 Å². The number of halogens is 1. The highest BCUT2D eigenvalue weighted by Crippen LogP contribution is 2.28. The number of rotatable bonds is 33.